The lowest BCUT2D eigenvalue weighted by Crippen LogP contribution is -2.09. The molecule has 0 fully saturated rings. The molecule has 6 heteroatoms. The molecule has 3 rings (SSSR count). The van der Waals surface area contributed by atoms with Crippen molar-refractivity contribution in [3.8, 4) is 0 Å². The first-order valence-electron chi connectivity index (χ1n) is 6.71. The Morgan fingerprint density at radius 2 is 1.59 bits per heavy atom. The standard InChI is InChI=1S/C16H13Cl2N3S/c17-13-3-1-12(2-4-13)9-16(21-11-19-10-20-21)22-15-7-5-14(18)6-8-15/h1-8,10-11,16H,9H2. The van der Waals surface area contributed by atoms with Gasteiger partial charge in [0.25, 0.3) is 0 Å². The molecule has 0 aliphatic rings. The summed E-state index contributed by atoms with van der Waals surface area (Å²) in [6, 6.07) is 15.7. The Kier molecular flexibility index (Phi) is 5.03. The van der Waals surface area contributed by atoms with E-state index in [-0.39, 0.29) is 5.37 Å². The SMILES string of the molecule is Clc1ccc(CC(Sc2ccc(Cl)cc2)n2cncn2)cc1. The highest BCUT2D eigenvalue weighted by molar-refractivity contribution is 7.99. The molecule has 0 radical (unpaired) electrons. The second kappa shape index (κ2) is 7.18. The average molecular weight is 350 g/mol. The summed E-state index contributed by atoms with van der Waals surface area (Å²) in [4.78, 5) is 5.19. The molecular formula is C16H13Cl2N3S. The summed E-state index contributed by atoms with van der Waals surface area (Å²) >= 11 is 13.6. The molecule has 0 bridgehead atoms. The lowest BCUT2D eigenvalue weighted by atomic mass is 10.1. The molecule has 0 spiro atoms. The lowest BCUT2D eigenvalue weighted by Gasteiger charge is -2.17. The van der Waals surface area contributed by atoms with Gasteiger partial charge in [-0.25, -0.2) is 9.67 Å². The van der Waals surface area contributed by atoms with Crippen LogP contribution in [0.15, 0.2) is 66.1 Å². The van der Waals surface area contributed by atoms with E-state index in [9.17, 15) is 0 Å². The van der Waals surface area contributed by atoms with Gasteiger partial charge < -0.3 is 0 Å². The number of nitrogens with zero attached hydrogens (tertiary/aromatic N) is 3. The maximum atomic E-state index is 5.95. The fourth-order valence-electron chi connectivity index (χ4n) is 2.05. The Morgan fingerprint density at radius 1 is 0.955 bits per heavy atom. The van der Waals surface area contributed by atoms with Crippen LogP contribution in [0.4, 0.5) is 0 Å². The highest BCUT2D eigenvalue weighted by atomic mass is 35.5. The highest BCUT2D eigenvalue weighted by Crippen LogP contribution is 2.33. The predicted molar refractivity (Wildman–Crippen MR) is 91.5 cm³/mol. The van der Waals surface area contributed by atoms with Crippen molar-refractivity contribution in [2.75, 3.05) is 0 Å². The largest absolute Gasteiger partial charge is 0.239 e. The van der Waals surface area contributed by atoms with Gasteiger partial charge in [-0.1, -0.05) is 47.1 Å². The Labute approximate surface area is 143 Å². The normalized spacial score (nSPS) is 12.3. The second-order valence-electron chi connectivity index (χ2n) is 4.73. The third-order valence-corrected chi connectivity index (χ3v) is 4.84. The molecule has 22 heavy (non-hydrogen) atoms. The van der Waals surface area contributed by atoms with Gasteiger partial charge in [-0.3, -0.25) is 0 Å². The molecule has 3 aromatic rings. The van der Waals surface area contributed by atoms with Crippen molar-refractivity contribution in [2.45, 2.75) is 16.7 Å². The van der Waals surface area contributed by atoms with E-state index in [1.54, 1.807) is 24.4 Å². The molecule has 3 nitrogen and oxygen atoms in total. The molecular weight excluding hydrogens is 337 g/mol. The maximum Gasteiger partial charge on any atom is 0.137 e. The van der Waals surface area contributed by atoms with Gasteiger partial charge in [0, 0.05) is 21.4 Å². The number of thioether (sulfide) groups is 1. The van der Waals surface area contributed by atoms with Crippen molar-refractivity contribution in [3.05, 3.63) is 76.8 Å². The number of halogens is 2. The van der Waals surface area contributed by atoms with Gasteiger partial charge in [0.2, 0.25) is 0 Å². The van der Waals surface area contributed by atoms with Gasteiger partial charge >= 0.3 is 0 Å². The number of aromatic nitrogens is 3. The average Bonchev–Trinajstić information content (AvgIpc) is 3.05. The summed E-state index contributed by atoms with van der Waals surface area (Å²) < 4.78 is 1.87. The van der Waals surface area contributed by atoms with Gasteiger partial charge in [0.15, 0.2) is 0 Å². The van der Waals surface area contributed by atoms with Crippen LogP contribution in [0, 0.1) is 0 Å². The zero-order valence-electron chi connectivity index (χ0n) is 11.6. The van der Waals surface area contributed by atoms with E-state index >= 15 is 0 Å². The fourth-order valence-corrected chi connectivity index (χ4v) is 3.40. The molecule has 1 heterocycles. The van der Waals surface area contributed by atoms with Gasteiger partial charge in [-0.05, 0) is 42.0 Å². The van der Waals surface area contributed by atoms with Crippen molar-refractivity contribution in [1.29, 1.82) is 0 Å². The summed E-state index contributed by atoms with van der Waals surface area (Å²) in [6.07, 6.45) is 4.12. The zero-order chi connectivity index (χ0) is 15.4. The molecule has 1 aromatic heterocycles. The number of rotatable bonds is 5. The molecule has 1 unspecified atom stereocenters. The van der Waals surface area contributed by atoms with Crippen LogP contribution in [0.5, 0.6) is 0 Å². The fraction of sp³-hybridized carbons (Fsp3) is 0.125. The Hall–Kier alpha value is -1.49. The van der Waals surface area contributed by atoms with Crippen LogP contribution in [-0.2, 0) is 6.42 Å². The highest BCUT2D eigenvalue weighted by Gasteiger charge is 2.14. The zero-order valence-corrected chi connectivity index (χ0v) is 13.9. The monoisotopic (exact) mass is 349 g/mol. The molecule has 2 aromatic carbocycles. The summed E-state index contributed by atoms with van der Waals surface area (Å²) in [6.45, 7) is 0. The van der Waals surface area contributed by atoms with Gasteiger partial charge in [-0.2, -0.15) is 5.10 Å². The number of benzene rings is 2. The third kappa shape index (κ3) is 4.03. The van der Waals surface area contributed by atoms with E-state index in [2.05, 4.69) is 10.1 Å². The number of hydrogen-bond acceptors (Lipinski definition) is 3. The first-order chi connectivity index (χ1) is 10.7. The van der Waals surface area contributed by atoms with E-state index in [4.69, 9.17) is 23.2 Å². The molecule has 112 valence electrons. The van der Waals surface area contributed by atoms with Gasteiger partial charge in [-0.15, -0.1) is 0 Å². The molecule has 0 saturated carbocycles. The van der Waals surface area contributed by atoms with Gasteiger partial charge in [0.1, 0.15) is 18.0 Å². The molecule has 0 aliphatic heterocycles. The van der Waals surface area contributed by atoms with Crippen LogP contribution >= 0.6 is 35.0 Å². The van der Waals surface area contributed by atoms with E-state index in [1.807, 2.05) is 53.2 Å². The predicted octanol–water partition coefficient (Wildman–Crippen LogP) is 5.12. The lowest BCUT2D eigenvalue weighted by molar-refractivity contribution is 0.595. The van der Waals surface area contributed by atoms with Crippen molar-refractivity contribution in [3.63, 3.8) is 0 Å². The van der Waals surface area contributed by atoms with Gasteiger partial charge in [0.05, 0.1) is 0 Å². The minimum absolute atomic E-state index is 0.116. The first-order valence-corrected chi connectivity index (χ1v) is 8.35. The summed E-state index contributed by atoms with van der Waals surface area (Å²) in [5.74, 6) is 0. The van der Waals surface area contributed by atoms with Crippen LogP contribution in [0.1, 0.15) is 10.9 Å². The summed E-state index contributed by atoms with van der Waals surface area (Å²) in [5.41, 5.74) is 1.20. The molecule has 0 amide bonds. The van der Waals surface area contributed by atoms with Crippen molar-refractivity contribution in [1.82, 2.24) is 14.8 Å². The third-order valence-electron chi connectivity index (χ3n) is 3.14. The summed E-state index contributed by atoms with van der Waals surface area (Å²) in [5, 5.41) is 5.87. The van der Waals surface area contributed by atoms with Crippen molar-refractivity contribution in [2.24, 2.45) is 0 Å². The van der Waals surface area contributed by atoms with Crippen LogP contribution in [0.25, 0.3) is 0 Å². The van der Waals surface area contributed by atoms with Crippen LogP contribution in [-0.4, -0.2) is 14.8 Å². The smallest absolute Gasteiger partial charge is 0.137 e. The first kappa shape index (κ1) is 15.4. The quantitative estimate of drug-likeness (QED) is 0.599. The molecule has 0 aliphatic carbocycles. The van der Waals surface area contributed by atoms with E-state index in [0.29, 0.717) is 0 Å². The van der Waals surface area contributed by atoms with Crippen LogP contribution in [0.3, 0.4) is 0 Å². The topological polar surface area (TPSA) is 30.7 Å². The Balaban J connectivity index is 1.81. The van der Waals surface area contributed by atoms with Crippen LogP contribution < -0.4 is 0 Å². The Morgan fingerprint density at radius 3 is 2.18 bits per heavy atom. The maximum absolute atomic E-state index is 5.95. The summed E-state index contributed by atoms with van der Waals surface area (Å²) in [7, 11) is 0. The van der Waals surface area contributed by atoms with E-state index < -0.39 is 0 Å². The minimum Gasteiger partial charge on any atom is -0.239 e. The van der Waals surface area contributed by atoms with E-state index in [1.165, 1.54) is 5.56 Å². The van der Waals surface area contributed by atoms with Crippen molar-refractivity contribution >= 4 is 35.0 Å². The molecule has 1 atom stereocenters. The van der Waals surface area contributed by atoms with E-state index in [0.717, 1.165) is 21.4 Å². The molecule has 0 N–H and O–H groups in total. The minimum atomic E-state index is 0.116. The molecule has 0 saturated heterocycles. The Bertz CT molecular complexity index is 665. The van der Waals surface area contributed by atoms with Crippen LogP contribution in [0.2, 0.25) is 10.0 Å². The van der Waals surface area contributed by atoms with Crippen molar-refractivity contribution < 1.29 is 0 Å². The number of hydrogen-bond donors (Lipinski definition) is 0. The second-order valence-corrected chi connectivity index (χ2v) is 6.86.